The lowest BCUT2D eigenvalue weighted by Gasteiger charge is -2.17. The van der Waals surface area contributed by atoms with E-state index in [2.05, 4.69) is 4.99 Å². The Balaban J connectivity index is 2.89. The lowest BCUT2D eigenvalue weighted by atomic mass is 10.3. The molecule has 7 nitrogen and oxygen atoms in total. The average Bonchev–Trinajstić information content (AvgIpc) is 1.82. The summed E-state index contributed by atoms with van der Waals surface area (Å²) in [5, 5.41) is 0.570. The molecule has 1 atom stereocenters. The van der Waals surface area contributed by atoms with Crippen molar-refractivity contribution in [2.24, 2.45) is 10.7 Å². The number of rotatable bonds is 1. The molecule has 1 unspecified atom stereocenters. The molecule has 0 aromatic carbocycles. The van der Waals surface area contributed by atoms with E-state index in [9.17, 15) is 13.2 Å². The number of urea groups is 1. The molecule has 68 valence electrons. The highest BCUT2D eigenvalue weighted by molar-refractivity contribution is 7.86. The second-order valence-electron chi connectivity index (χ2n) is 2.26. The monoisotopic (exact) mass is 193 g/mol. The summed E-state index contributed by atoms with van der Waals surface area (Å²) in [4.78, 5) is 13.8. The van der Waals surface area contributed by atoms with Gasteiger partial charge in [-0.1, -0.05) is 0 Å². The highest BCUT2D eigenvalue weighted by Crippen LogP contribution is 2.05. The molecule has 0 spiro atoms. The summed E-state index contributed by atoms with van der Waals surface area (Å²) in [5.41, 5.74) is 5.13. The summed E-state index contributed by atoms with van der Waals surface area (Å²) in [6.45, 7) is 0. The van der Waals surface area contributed by atoms with Gasteiger partial charge in [-0.3, -0.25) is 4.55 Å². The molecule has 0 aliphatic carbocycles. The number of hydrogen-bond acceptors (Lipinski definition) is 4. The van der Waals surface area contributed by atoms with Gasteiger partial charge in [0.15, 0.2) is 5.37 Å². The van der Waals surface area contributed by atoms with E-state index < -0.39 is 21.5 Å². The number of carbonyl (C=O) groups excluding carboxylic acids is 1. The van der Waals surface area contributed by atoms with Gasteiger partial charge in [-0.2, -0.15) is 13.4 Å². The van der Waals surface area contributed by atoms with E-state index in [-0.39, 0.29) is 12.3 Å². The Morgan fingerprint density at radius 3 is 2.67 bits per heavy atom. The highest BCUT2D eigenvalue weighted by atomic mass is 32.2. The van der Waals surface area contributed by atoms with E-state index in [1.165, 1.54) is 0 Å². The standard InChI is InChI=1S/C4H7N3O4S/c5-2-1-3(12(9,10)11)7-4(8)6-2/h3H,1H2,(H,9,10,11)(H3,5,6,7,8). The number of amidine groups is 1. The number of nitrogens with two attached hydrogens (primary N) is 1. The van der Waals surface area contributed by atoms with Gasteiger partial charge in [0.05, 0.1) is 0 Å². The maximum atomic E-state index is 10.6. The first kappa shape index (κ1) is 8.94. The Hall–Kier alpha value is -1.15. The minimum absolute atomic E-state index is 0.110. The van der Waals surface area contributed by atoms with Crippen LogP contribution in [0.4, 0.5) is 4.79 Å². The fourth-order valence-corrected chi connectivity index (χ4v) is 1.40. The zero-order chi connectivity index (χ0) is 9.35. The second kappa shape index (κ2) is 2.72. The minimum Gasteiger partial charge on any atom is -0.387 e. The van der Waals surface area contributed by atoms with Crippen molar-refractivity contribution in [3.63, 3.8) is 0 Å². The predicted octanol–water partition coefficient (Wildman–Crippen LogP) is -1.33. The first-order valence-electron chi connectivity index (χ1n) is 2.99. The molecule has 2 amide bonds. The summed E-state index contributed by atoms with van der Waals surface area (Å²) >= 11 is 0. The first-order valence-corrected chi connectivity index (χ1v) is 4.50. The molecule has 1 aliphatic heterocycles. The van der Waals surface area contributed by atoms with Crippen LogP contribution in [0.25, 0.3) is 0 Å². The summed E-state index contributed by atoms with van der Waals surface area (Å²) < 4.78 is 29.5. The average molecular weight is 193 g/mol. The maximum Gasteiger partial charge on any atom is 0.343 e. The highest BCUT2D eigenvalue weighted by Gasteiger charge is 2.29. The van der Waals surface area contributed by atoms with E-state index in [0.29, 0.717) is 0 Å². The number of nitrogens with zero attached hydrogens (tertiary/aromatic N) is 1. The van der Waals surface area contributed by atoms with Crippen LogP contribution in [0.15, 0.2) is 4.99 Å². The Kier molecular flexibility index (Phi) is 2.02. The van der Waals surface area contributed by atoms with Crippen molar-refractivity contribution in [2.45, 2.75) is 11.8 Å². The molecule has 0 aromatic heterocycles. The summed E-state index contributed by atoms with van der Waals surface area (Å²) in [6, 6.07) is -0.860. The van der Waals surface area contributed by atoms with Gasteiger partial charge in [0.1, 0.15) is 5.84 Å². The van der Waals surface area contributed by atoms with Crippen LogP contribution in [-0.4, -0.2) is 30.2 Å². The molecule has 4 N–H and O–H groups in total. The quantitative estimate of drug-likeness (QED) is 0.445. The fraction of sp³-hybridized carbons (Fsp3) is 0.500. The van der Waals surface area contributed by atoms with E-state index in [0.717, 1.165) is 0 Å². The number of hydrogen-bond donors (Lipinski definition) is 3. The van der Waals surface area contributed by atoms with Gasteiger partial charge in [-0.05, 0) is 0 Å². The molecular formula is C4H7N3O4S. The molecule has 0 saturated heterocycles. The molecule has 0 fully saturated rings. The van der Waals surface area contributed by atoms with Gasteiger partial charge < -0.3 is 11.1 Å². The van der Waals surface area contributed by atoms with Crippen LogP contribution in [0.2, 0.25) is 0 Å². The van der Waals surface area contributed by atoms with Gasteiger partial charge in [0.25, 0.3) is 10.1 Å². The molecule has 0 bridgehead atoms. The van der Waals surface area contributed by atoms with E-state index in [4.69, 9.17) is 10.3 Å². The van der Waals surface area contributed by atoms with Crippen LogP contribution < -0.4 is 11.1 Å². The van der Waals surface area contributed by atoms with Gasteiger partial charge in [0, 0.05) is 6.42 Å². The van der Waals surface area contributed by atoms with Crippen molar-refractivity contribution in [3.05, 3.63) is 0 Å². The van der Waals surface area contributed by atoms with Crippen molar-refractivity contribution >= 4 is 22.0 Å². The van der Waals surface area contributed by atoms with Crippen molar-refractivity contribution in [3.8, 4) is 0 Å². The Labute approximate surface area is 68.4 Å². The zero-order valence-electron chi connectivity index (χ0n) is 5.89. The van der Waals surface area contributed by atoms with Crippen LogP contribution in [0, 0.1) is 0 Å². The molecule has 1 rings (SSSR count). The Morgan fingerprint density at radius 2 is 2.25 bits per heavy atom. The Bertz CT molecular complexity index is 332. The fourth-order valence-electron chi connectivity index (χ4n) is 0.767. The molecule has 0 aromatic rings. The van der Waals surface area contributed by atoms with Crippen molar-refractivity contribution < 1.29 is 17.8 Å². The van der Waals surface area contributed by atoms with Crippen LogP contribution in [-0.2, 0) is 10.1 Å². The molecule has 1 aliphatic rings. The minimum atomic E-state index is -4.28. The summed E-state index contributed by atoms with van der Waals surface area (Å²) in [5.74, 6) is -0.110. The predicted molar refractivity (Wildman–Crippen MR) is 40.1 cm³/mol. The van der Waals surface area contributed by atoms with Crippen LogP contribution in [0.5, 0.6) is 0 Å². The second-order valence-corrected chi connectivity index (χ2v) is 3.86. The number of nitrogens with one attached hydrogen (secondary N) is 1. The molecule has 0 radical (unpaired) electrons. The maximum absolute atomic E-state index is 10.6. The number of aliphatic imine (C=N–C) groups is 1. The van der Waals surface area contributed by atoms with Crippen molar-refractivity contribution in [2.75, 3.05) is 0 Å². The Morgan fingerprint density at radius 1 is 1.67 bits per heavy atom. The third kappa shape index (κ3) is 1.92. The number of carbonyl (C=O) groups is 1. The normalized spacial score (nSPS) is 24.6. The number of amides is 2. The van der Waals surface area contributed by atoms with Crippen molar-refractivity contribution in [1.82, 2.24) is 5.32 Å². The van der Waals surface area contributed by atoms with E-state index >= 15 is 0 Å². The lowest BCUT2D eigenvalue weighted by Crippen LogP contribution is -2.46. The SMILES string of the molecule is NC1=NC(=O)NC(S(=O)(=O)O)C1. The van der Waals surface area contributed by atoms with Gasteiger partial charge in [-0.15, -0.1) is 0 Å². The van der Waals surface area contributed by atoms with Gasteiger partial charge >= 0.3 is 6.03 Å². The third-order valence-electron chi connectivity index (χ3n) is 1.28. The van der Waals surface area contributed by atoms with Crippen molar-refractivity contribution in [1.29, 1.82) is 0 Å². The summed E-state index contributed by atoms with van der Waals surface area (Å²) in [6.07, 6.45) is -0.190. The molecule has 12 heavy (non-hydrogen) atoms. The molecule has 0 saturated carbocycles. The summed E-state index contributed by atoms with van der Waals surface area (Å²) in [7, 11) is -4.28. The van der Waals surface area contributed by atoms with Crippen LogP contribution >= 0.6 is 0 Å². The first-order chi connectivity index (χ1) is 5.39. The largest absolute Gasteiger partial charge is 0.387 e. The van der Waals surface area contributed by atoms with Crippen LogP contribution in [0.3, 0.4) is 0 Å². The van der Waals surface area contributed by atoms with Gasteiger partial charge in [0.2, 0.25) is 0 Å². The van der Waals surface area contributed by atoms with Gasteiger partial charge in [-0.25, -0.2) is 4.79 Å². The lowest BCUT2D eigenvalue weighted by molar-refractivity contribution is 0.246. The topological polar surface area (TPSA) is 122 Å². The van der Waals surface area contributed by atoms with E-state index in [1.807, 2.05) is 5.32 Å². The van der Waals surface area contributed by atoms with Crippen LogP contribution in [0.1, 0.15) is 6.42 Å². The third-order valence-corrected chi connectivity index (χ3v) is 2.29. The zero-order valence-corrected chi connectivity index (χ0v) is 6.71. The molecular weight excluding hydrogens is 186 g/mol. The smallest absolute Gasteiger partial charge is 0.343 e. The molecule has 8 heteroatoms. The molecule has 1 heterocycles. The van der Waals surface area contributed by atoms with E-state index in [1.54, 1.807) is 0 Å².